The fourth-order valence-electron chi connectivity index (χ4n) is 9.11. The van der Waals surface area contributed by atoms with E-state index in [0.717, 1.165) is 65.2 Å². The number of ether oxygens (including phenoxy) is 1. The first-order valence-electron chi connectivity index (χ1n) is 20.3. The molecule has 1 aliphatic carbocycles. The minimum Gasteiger partial charge on any atom is -0.871 e. The van der Waals surface area contributed by atoms with Crippen molar-refractivity contribution in [2.24, 2.45) is 0 Å². The highest BCUT2D eigenvalue weighted by Gasteiger charge is 2.46. The number of hydrogen-bond donors (Lipinski definition) is 0. The molecular formula is C50H48N2O5. The van der Waals surface area contributed by atoms with Crippen molar-refractivity contribution >= 4 is 45.6 Å². The lowest BCUT2D eigenvalue weighted by Crippen LogP contribution is -2.35. The highest BCUT2D eigenvalue weighted by Crippen LogP contribution is 2.49. The van der Waals surface area contributed by atoms with Gasteiger partial charge in [-0.1, -0.05) is 94.4 Å². The van der Waals surface area contributed by atoms with Gasteiger partial charge < -0.3 is 14.7 Å². The van der Waals surface area contributed by atoms with Crippen molar-refractivity contribution in [2.75, 3.05) is 18.0 Å². The van der Waals surface area contributed by atoms with Crippen molar-refractivity contribution in [3.8, 4) is 11.8 Å². The molecule has 0 amide bonds. The summed E-state index contributed by atoms with van der Waals surface area (Å²) in [7, 11) is 0. The van der Waals surface area contributed by atoms with E-state index < -0.39 is 17.4 Å². The number of likely N-dealkylation sites (N-methyl/N-ethyl adjacent to an activating group) is 1. The molecule has 8 rings (SSSR count). The van der Waals surface area contributed by atoms with Crippen molar-refractivity contribution in [2.45, 2.75) is 90.9 Å². The number of ketones is 1. The van der Waals surface area contributed by atoms with Crippen LogP contribution in [0.1, 0.15) is 123 Å². The predicted molar refractivity (Wildman–Crippen MR) is 223 cm³/mol. The second-order valence-electron chi connectivity index (χ2n) is 16.5. The maximum absolute atomic E-state index is 14.0. The Morgan fingerprint density at radius 3 is 2.26 bits per heavy atom. The molecule has 4 aliphatic rings. The quantitative estimate of drug-likeness (QED) is 0.0401. The smallest absolute Gasteiger partial charge is 0.346 e. The molecule has 288 valence electrons. The average molecular weight is 757 g/mol. The third-order valence-corrected chi connectivity index (χ3v) is 12.3. The fraction of sp³-hybridized carbons (Fsp3) is 0.320. The van der Waals surface area contributed by atoms with Crippen LogP contribution in [0.25, 0.3) is 10.8 Å². The van der Waals surface area contributed by atoms with E-state index in [1.54, 1.807) is 24.3 Å². The van der Waals surface area contributed by atoms with E-state index in [1.165, 1.54) is 31.2 Å². The minimum atomic E-state index is -0.653. The van der Waals surface area contributed by atoms with Gasteiger partial charge in [0.1, 0.15) is 6.54 Å². The Morgan fingerprint density at radius 1 is 0.772 bits per heavy atom. The number of Topliss-reactive ketones (excluding diaryl/α,β-unsaturated/α-hetero) is 1. The number of carbonyl (C=O) groups is 3. The zero-order valence-electron chi connectivity index (χ0n) is 33.7. The standard InChI is InChI=1S/C50H48N2O5/c1-7-9-10-11-12-15-27-52-41-26-22-31(21-23-32-24-25-35-44-33(32)17-16-18-34(44)47(55)57-48(35)56)28-39(41)50(5,6)43(52)30-37-45(53)36(46(37)54)29-42-49(3,4)38-19-13-14-20-40(38)51(42)8-2/h13-14,16-20,22,24-26,28-30H,7-12,15,27H2,1-6H3. The highest BCUT2D eigenvalue weighted by molar-refractivity contribution is 6.24. The van der Waals surface area contributed by atoms with Gasteiger partial charge in [-0.15, -0.1) is 0 Å². The Kier molecular flexibility index (Phi) is 9.64. The summed E-state index contributed by atoms with van der Waals surface area (Å²) in [6.45, 7) is 14.4. The maximum Gasteiger partial charge on any atom is 0.346 e. The predicted octanol–water partition coefficient (Wildman–Crippen LogP) is 9.11. The molecule has 4 aromatic rings. The van der Waals surface area contributed by atoms with Gasteiger partial charge in [0.2, 0.25) is 5.69 Å². The van der Waals surface area contributed by atoms with Gasteiger partial charge >= 0.3 is 11.9 Å². The molecule has 0 unspecified atom stereocenters. The normalized spacial score (nSPS) is 18.9. The number of nitrogens with zero attached hydrogens (tertiary/aromatic N) is 2. The number of hydrogen-bond acceptors (Lipinski definition) is 6. The van der Waals surface area contributed by atoms with Crippen molar-refractivity contribution in [1.82, 2.24) is 0 Å². The second kappa shape index (κ2) is 14.5. The molecule has 4 aromatic carbocycles. The Bertz CT molecular complexity index is 2580. The van der Waals surface area contributed by atoms with E-state index in [1.807, 2.05) is 36.4 Å². The largest absolute Gasteiger partial charge is 0.871 e. The summed E-state index contributed by atoms with van der Waals surface area (Å²) in [6.07, 6.45) is 10.6. The van der Waals surface area contributed by atoms with Gasteiger partial charge in [-0.25, -0.2) is 9.59 Å². The van der Waals surface area contributed by atoms with E-state index in [0.29, 0.717) is 22.1 Å². The Morgan fingerprint density at radius 2 is 1.51 bits per heavy atom. The van der Waals surface area contributed by atoms with Crippen molar-refractivity contribution in [3.63, 3.8) is 0 Å². The van der Waals surface area contributed by atoms with Crippen molar-refractivity contribution in [1.29, 1.82) is 0 Å². The zero-order valence-corrected chi connectivity index (χ0v) is 33.7. The van der Waals surface area contributed by atoms with Crippen LogP contribution in [0.2, 0.25) is 0 Å². The fourth-order valence-corrected chi connectivity index (χ4v) is 9.11. The molecule has 0 atom stereocenters. The number of unbranched alkanes of at least 4 members (excludes halogenated alkanes) is 5. The van der Waals surface area contributed by atoms with Crippen molar-refractivity contribution in [3.05, 3.63) is 141 Å². The van der Waals surface area contributed by atoms with Crippen LogP contribution in [-0.2, 0) is 20.4 Å². The molecule has 0 saturated carbocycles. The molecule has 0 aromatic heterocycles. The number of para-hydroxylation sites is 1. The summed E-state index contributed by atoms with van der Waals surface area (Å²) in [5.41, 5.74) is 8.15. The lowest BCUT2D eigenvalue weighted by Gasteiger charge is -2.32. The molecule has 3 heterocycles. The van der Waals surface area contributed by atoms with E-state index in [9.17, 15) is 19.5 Å². The highest BCUT2D eigenvalue weighted by atomic mass is 16.6. The molecule has 0 fully saturated rings. The van der Waals surface area contributed by atoms with E-state index in [4.69, 9.17) is 4.74 Å². The minimum absolute atomic E-state index is 0.211. The third kappa shape index (κ3) is 6.23. The van der Waals surface area contributed by atoms with E-state index >= 15 is 0 Å². The summed E-state index contributed by atoms with van der Waals surface area (Å²) in [6, 6.07) is 23.3. The molecule has 0 N–H and O–H groups in total. The first-order chi connectivity index (χ1) is 27.4. The van der Waals surface area contributed by atoms with Crippen LogP contribution in [0.15, 0.2) is 108 Å². The second-order valence-corrected chi connectivity index (χ2v) is 16.5. The first-order valence-corrected chi connectivity index (χ1v) is 20.3. The van der Waals surface area contributed by atoms with E-state index in [2.05, 4.69) is 87.1 Å². The summed E-state index contributed by atoms with van der Waals surface area (Å²) in [4.78, 5) is 41.1. The van der Waals surface area contributed by atoms with Crippen LogP contribution in [0.5, 0.6) is 0 Å². The number of fused-ring (bicyclic) bond motifs is 2. The van der Waals surface area contributed by atoms with Gasteiger partial charge in [0.05, 0.1) is 16.5 Å². The lowest BCUT2D eigenvalue weighted by atomic mass is 9.77. The monoisotopic (exact) mass is 756 g/mol. The van der Waals surface area contributed by atoms with Gasteiger partial charge in [-0.3, -0.25) is 4.79 Å². The maximum atomic E-state index is 14.0. The third-order valence-electron chi connectivity index (χ3n) is 12.3. The van der Waals surface area contributed by atoms with E-state index in [-0.39, 0.29) is 28.1 Å². The van der Waals surface area contributed by atoms with Crippen LogP contribution in [0, 0.1) is 11.8 Å². The average Bonchev–Trinajstić information content (AvgIpc) is 3.55. The van der Waals surface area contributed by atoms with Gasteiger partial charge in [-0.05, 0) is 80.6 Å². The molecule has 0 bridgehead atoms. The molecule has 0 spiro atoms. The SMILES string of the molecule is CCCCCCCC[N+]1=C(/C=C2\C(=O)C(/C=C3/N(CC)c4ccccc4C3(C)C)=C2[O-])C(C)(C)c2cc(C#Cc3ccc4c5c(cccc35)C(=O)OC4=O)ccc21. The number of rotatable bonds is 10. The molecule has 0 radical (unpaired) electrons. The van der Waals surface area contributed by atoms with Gasteiger partial charge in [0.25, 0.3) is 0 Å². The molecule has 57 heavy (non-hydrogen) atoms. The summed E-state index contributed by atoms with van der Waals surface area (Å²) >= 11 is 0. The van der Waals surface area contributed by atoms with Crippen LogP contribution in [-0.4, -0.2) is 41.1 Å². The molecule has 0 saturated heterocycles. The molecule has 3 aliphatic heterocycles. The van der Waals surface area contributed by atoms with Gasteiger partial charge in [0.15, 0.2) is 11.5 Å². The summed E-state index contributed by atoms with van der Waals surface area (Å²) in [5.74, 6) is 4.92. The summed E-state index contributed by atoms with van der Waals surface area (Å²) in [5, 5.41) is 15.3. The number of carbonyl (C=O) groups excluding carboxylic acids is 3. The molecular weight excluding hydrogens is 709 g/mol. The van der Waals surface area contributed by atoms with Crippen LogP contribution < -0.4 is 10.0 Å². The lowest BCUT2D eigenvalue weighted by molar-refractivity contribution is -0.438. The Balaban J connectivity index is 1.15. The molecule has 7 nitrogen and oxygen atoms in total. The molecule has 7 heteroatoms. The summed E-state index contributed by atoms with van der Waals surface area (Å²) < 4.78 is 7.24. The number of esters is 2. The van der Waals surface area contributed by atoms with Gasteiger partial charge in [-0.2, -0.15) is 4.58 Å². The Labute approximate surface area is 335 Å². The van der Waals surface area contributed by atoms with Crippen LogP contribution >= 0.6 is 0 Å². The first kappa shape index (κ1) is 37.9. The van der Waals surface area contributed by atoms with Crippen LogP contribution in [0.4, 0.5) is 11.4 Å². The van der Waals surface area contributed by atoms with Crippen LogP contribution in [0.3, 0.4) is 0 Å². The number of allylic oxidation sites excluding steroid dienone is 5. The number of benzene rings is 4. The number of anilines is 1. The number of cyclic esters (lactones) is 2. The topological polar surface area (TPSA) is 89.8 Å². The van der Waals surface area contributed by atoms with Crippen molar-refractivity contribution < 1.29 is 28.8 Å². The Hall–Kier alpha value is -6.00. The zero-order chi connectivity index (χ0) is 40.2. The van der Waals surface area contributed by atoms with Gasteiger partial charge in [0, 0.05) is 75.1 Å².